The fourth-order valence-corrected chi connectivity index (χ4v) is 3.44. The first kappa shape index (κ1) is 21.3. The summed E-state index contributed by atoms with van der Waals surface area (Å²) in [7, 11) is 1.55. The SMILES string of the molecule is COc1ccc(N2C(=O)CN(Cc3ccnc(NC(=O)c4ccc(Cl)cc4)c3)C2=O)cc1. The van der Waals surface area contributed by atoms with Crippen molar-refractivity contribution in [2.75, 3.05) is 23.9 Å². The van der Waals surface area contributed by atoms with E-state index >= 15 is 0 Å². The van der Waals surface area contributed by atoms with Crippen molar-refractivity contribution in [3.8, 4) is 5.75 Å². The highest BCUT2D eigenvalue weighted by molar-refractivity contribution is 6.30. The van der Waals surface area contributed by atoms with E-state index in [1.165, 1.54) is 11.1 Å². The minimum atomic E-state index is -0.413. The Morgan fingerprint density at radius 2 is 1.81 bits per heavy atom. The number of methoxy groups -OCH3 is 1. The maximum absolute atomic E-state index is 12.9. The standard InChI is InChI=1S/C23H19ClN4O4/c1-32-19-8-6-18(7-9-19)28-21(29)14-27(23(28)31)13-15-10-11-25-20(12-15)26-22(30)16-2-4-17(24)5-3-16/h2-12H,13-14H2,1H3,(H,25,26,30). The molecule has 1 aliphatic heterocycles. The van der Waals surface area contributed by atoms with Crippen LogP contribution in [0.2, 0.25) is 5.02 Å². The first-order valence-corrected chi connectivity index (χ1v) is 10.1. The highest BCUT2D eigenvalue weighted by atomic mass is 35.5. The van der Waals surface area contributed by atoms with E-state index < -0.39 is 6.03 Å². The lowest BCUT2D eigenvalue weighted by Crippen LogP contribution is -2.32. The lowest BCUT2D eigenvalue weighted by atomic mass is 10.2. The van der Waals surface area contributed by atoms with Gasteiger partial charge in [0.05, 0.1) is 12.8 Å². The highest BCUT2D eigenvalue weighted by Crippen LogP contribution is 2.25. The molecule has 0 spiro atoms. The second-order valence-corrected chi connectivity index (χ2v) is 7.51. The van der Waals surface area contributed by atoms with Crippen LogP contribution in [-0.2, 0) is 11.3 Å². The molecule has 0 unspecified atom stereocenters. The Bertz CT molecular complexity index is 1170. The largest absolute Gasteiger partial charge is 0.497 e. The molecule has 0 radical (unpaired) electrons. The number of halogens is 1. The van der Waals surface area contributed by atoms with E-state index in [1.54, 1.807) is 67.8 Å². The maximum atomic E-state index is 12.9. The summed E-state index contributed by atoms with van der Waals surface area (Å²) < 4.78 is 5.12. The molecular weight excluding hydrogens is 432 g/mol. The third kappa shape index (κ3) is 4.55. The normalized spacial score (nSPS) is 13.4. The van der Waals surface area contributed by atoms with Crippen molar-refractivity contribution in [3.05, 3.63) is 83.0 Å². The molecular formula is C23H19ClN4O4. The molecule has 1 aliphatic rings. The predicted molar refractivity (Wildman–Crippen MR) is 120 cm³/mol. The van der Waals surface area contributed by atoms with E-state index in [2.05, 4.69) is 10.3 Å². The summed E-state index contributed by atoms with van der Waals surface area (Å²) in [6.45, 7) is 0.156. The Kier molecular flexibility index (Phi) is 6.04. The number of amides is 4. The fraction of sp³-hybridized carbons (Fsp3) is 0.130. The average Bonchev–Trinajstić information content (AvgIpc) is 3.07. The molecule has 1 N–H and O–H groups in total. The van der Waals surface area contributed by atoms with Gasteiger partial charge in [-0.3, -0.25) is 9.59 Å². The van der Waals surface area contributed by atoms with Crippen LogP contribution in [0, 0.1) is 0 Å². The first-order chi connectivity index (χ1) is 15.4. The first-order valence-electron chi connectivity index (χ1n) is 9.72. The number of benzene rings is 2. The van der Waals surface area contributed by atoms with Gasteiger partial charge in [-0.05, 0) is 66.2 Å². The van der Waals surface area contributed by atoms with Crippen molar-refractivity contribution < 1.29 is 19.1 Å². The van der Waals surface area contributed by atoms with Crippen molar-refractivity contribution in [1.82, 2.24) is 9.88 Å². The number of aromatic nitrogens is 1. The van der Waals surface area contributed by atoms with Gasteiger partial charge in [0.1, 0.15) is 18.1 Å². The zero-order valence-corrected chi connectivity index (χ0v) is 17.9. The summed E-state index contributed by atoms with van der Waals surface area (Å²) in [6.07, 6.45) is 1.54. The van der Waals surface area contributed by atoms with Crippen molar-refractivity contribution in [1.29, 1.82) is 0 Å². The lowest BCUT2D eigenvalue weighted by molar-refractivity contribution is -0.116. The van der Waals surface area contributed by atoms with Gasteiger partial charge in [0.2, 0.25) is 0 Å². The quantitative estimate of drug-likeness (QED) is 0.574. The second kappa shape index (κ2) is 9.07. The minimum Gasteiger partial charge on any atom is -0.497 e. The van der Waals surface area contributed by atoms with Crippen LogP contribution >= 0.6 is 11.6 Å². The van der Waals surface area contributed by atoms with Crippen molar-refractivity contribution in [2.45, 2.75) is 6.54 Å². The van der Waals surface area contributed by atoms with E-state index in [0.717, 1.165) is 10.5 Å². The van der Waals surface area contributed by atoms with Crippen LogP contribution in [0.3, 0.4) is 0 Å². The molecule has 8 nitrogen and oxygen atoms in total. The average molecular weight is 451 g/mol. The van der Waals surface area contributed by atoms with Crippen LogP contribution in [0.1, 0.15) is 15.9 Å². The minimum absolute atomic E-state index is 0.0420. The van der Waals surface area contributed by atoms with Gasteiger partial charge in [0.25, 0.3) is 11.8 Å². The molecule has 2 heterocycles. The van der Waals surface area contributed by atoms with Gasteiger partial charge in [0, 0.05) is 23.3 Å². The highest BCUT2D eigenvalue weighted by Gasteiger charge is 2.37. The number of urea groups is 1. The second-order valence-electron chi connectivity index (χ2n) is 7.08. The van der Waals surface area contributed by atoms with Gasteiger partial charge in [0.15, 0.2) is 0 Å². The summed E-state index contributed by atoms with van der Waals surface area (Å²) in [4.78, 5) is 44.5. The summed E-state index contributed by atoms with van der Waals surface area (Å²) >= 11 is 5.85. The number of imide groups is 1. The lowest BCUT2D eigenvalue weighted by Gasteiger charge is -2.17. The molecule has 1 fully saturated rings. The van der Waals surface area contributed by atoms with Crippen molar-refractivity contribution in [3.63, 3.8) is 0 Å². The van der Waals surface area contributed by atoms with Gasteiger partial charge in [-0.15, -0.1) is 0 Å². The van der Waals surface area contributed by atoms with Crippen molar-refractivity contribution >= 4 is 41.0 Å². The van der Waals surface area contributed by atoms with Crippen LogP contribution in [0.15, 0.2) is 66.9 Å². The zero-order chi connectivity index (χ0) is 22.7. The zero-order valence-electron chi connectivity index (χ0n) is 17.1. The Balaban J connectivity index is 1.45. The number of hydrogen-bond donors (Lipinski definition) is 1. The third-order valence-corrected chi connectivity index (χ3v) is 5.17. The monoisotopic (exact) mass is 450 g/mol. The molecule has 0 atom stereocenters. The van der Waals surface area contributed by atoms with Gasteiger partial charge in [-0.2, -0.15) is 0 Å². The third-order valence-electron chi connectivity index (χ3n) is 4.91. The maximum Gasteiger partial charge on any atom is 0.332 e. The number of carbonyl (C=O) groups excluding carboxylic acids is 3. The van der Waals surface area contributed by atoms with E-state index in [-0.39, 0.29) is 24.9 Å². The molecule has 2 aromatic carbocycles. The number of hydrogen-bond acceptors (Lipinski definition) is 5. The van der Waals surface area contributed by atoms with Crippen LogP contribution in [-0.4, -0.2) is 41.4 Å². The molecule has 0 saturated carbocycles. The van der Waals surface area contributed by atoms with E-state index in [1.807, 2.05) is 0 Å². The van der Waals surface area contributed by atoms with E-state index in [4.69, 9.17) is 16.3 Å². The number of nitrogens with one attached hydrogen (secondary N) is 1. The molecule has 0 aliphatic carbocycles. The number of pyridine rings is 1. The summed E-state index contributed by atoms with van der Waals surface area (Å²) in [5.74, 6) is 0.331. The Hall–Kier alpha value is -3.91. The topological polar surface area (TPSA) is 91.8 Å². The number of carbonyl (C=O) groups is 3. The summed E-state index contributed by atoms with van der Waals surface area (Å²) in [6, 6.07) is 16.2. The molecule has 3 aromatic rings. The molecule has 162 valence electrons. The molecule has 32 heavy (non-hydrogen) atoms. The number of rotatable bonds is 6. The van der Waals surface area contributed by atoms with E-state index in [9.17, 15) is 14.4 Å². The van der Waals surface area contributed by atoms with Crippen LogP contribution < -0.4 is 15.0 Å². The summed E-state index contributed by atoms with van der Waals surface area (Å²) in [5.41, 5.74) is 1.65. The molecule has 1 aromatic heterocycles. The van der Waals surface area contributed by atoms with E-state index in [0.29, 0.717) is 27.8 Å². The molecule has 4 amide bonds. The van der Waals surface area contributed by atoms with Crippen LogP contribution in [0.4, 0.5) is 16.3 Å². The van der Waals surface area contributed by atoms with Crippen LogP contribution in [0.25, 0.3) is 0 Å². The molecule has 4 rings (SSSR count). The van der Waals surface area contributed by atoms with Gasteiger partial charge in [-0.25, -0.2) is 14.7 Å². The Morgan fingerprint density at radius 1 is 1.09 bits per heavy atom. The van der Waals surface area contributed by atoms with Crippen molar-refractivity contribution in [2.24, 2.45) is 0 Å². The summed E-state index contributed by atoms with van der Waals surface area (Å²) in [5, 5.41) is 3.26. The van der Waals surface area contributed by atoms with Gasteiger partial charge < -0.3 is 15.0 Å². The Labute approximate surface area is 189 Å². The predicted octanol–water partition coefficient (Wildman–Crippen LogP) is 3.96. The fourth-order valence-electron chi connectivity index (χ4n) is 3.31. The molecule has 9 heteroatoms. The molecule has 1 saturated heterocycles. The smallest absolute Gasteiger partial charge is 0.332 e. The number of nitrogens with zero attached hydrogens (tertiary/aromatic N) is 3. The number of ether oxygens (including phenoxy) is 1. The number of anilines is 2. The van der Waals surface area contributed by atoms with Gasteiger partial charge in [-0.1, -0.05) is 11.6 Å². The molecule has 0 bridgehead atoms. The Morgan fingerprint density at radius 3 is 2.50 bits per heavy atom. The van der Waals surface area contributed by atoms with Crippen LogP contribution in [0.5, 0.6) is 5.75 Å². The van der Waals surface area contributed by atoms with Gasteiger partial charge >= 0.3 is 6.03 Å².